The lowest BCUT2D eigenvalue weighted by atomic mass is 10.3. The molecule has 1 saturated heterocycles. The molecule has 0 saturated carbocycles. The Labute approximate surface area is 213 Å². The summed E-state index contributed by atoms with van der Waals surface area (Å²) >= 11 is 0. The minimum atomic E-state index is -3.58. The van der Waals surface area contributed by atoms with Gasteiger partial charge in [0.1, 0.15) is 17.3 Å². The Morgan fingerprint density at radius 1 is 0.944 bits per heavy atom. The summed E-state index contributed by atoms with van der Waals surface area (Å²) < 4.78 is 38.7. The van der Waals surface area contributed by atoms with Crippen LogP contribution in [0.15, 0.2) is 59.5 Å². The van der Waals surface area contributed by atoms with Crippen LogP contribution in [0.25, 0.3) is 0 Å². The molecule has 1 aromatic heterocycles. The Kier molecular flexibility index (Phi) is 8.27. The van der Waals surface area contributed by atoms with Crippen molar-refractivity contribution in [2.45, 2.75) is 31.6 Å². The smallest absolute Gasteiger partial charge is 0.243 e. The average molecular weight is 512 g/mol. The van der Waals surface area contributed by atoms with Crippen LogP contribution in [-0.2, 0) is 10.0 Å². The lowest BCUT2D eigenvalue weighted by molar-refractivity contribution is 0.309. The molecular formula is C26H33N5O4S. The molecular weight excluding hydrogens is 478 g/mol. The maximum atomic E-state index is 13.2. The summed E-state index contributed by atoms with van der Waals surface area (Å²) in [4.78, 5) is 11.5. The highest BCUT2D eigenvalue weighted by atomic mass is 32.2. The first kappa shape index (κ1) is 25.7. The predicted octanol–water partition coefficient (Wildman–Crippen LogP) is 4.23. The fourth-order valence-corrected chi connectivity index (χ4v) is 5.32. The molecule has 0 spiro atoms. The molecule has 3 aromatic rings. The van der Waals surface area contributed by atoms with Gasteiger partial charge in [0.2, 0.25) is 16.0 Å². The van der Waals surface area contributed by atoms with Crippen LogP contribution >= 0.6 is 0 Å². The zero-order chi connectivity index (χ0) is 25.5. The number of hydrogen-bond donors (Lipinski definition) is 1. The van der Waals surface area contributed by atoms with E-state index in [1.54, 1.807) is 31.4 Å². The zero-order valence-corrected chi connectivity index (χ0v) is 21.8. The molecule has 9 nitrogen and oxygen atoms in total. The number of ether oxygens (including phenoxy) is 2. The standard InChI is InChI=1S/C26H33N5O4S/c1-4-5-18-35-23-10-12-24(13-11-23)36(32,33)31-16-14-30(15-17-31)26-27-20(2)19-25(29-26)28-21-6-8-22(34-3)9-7-21/h6-13,19H,4-5,14-18H2,1-3H3,(H,27,28,29). The van der Waals surface area contributed by atoms with Crippen LogP contribution < -0.4 is 19.7 Å². The van der Waals surface area contributed by atoms with E-state index in [1.165, 1.54) is 4.31 Å². The van der Waals surface area contributed by atoms with Crippen molar-refractivity contribution in [1.82, 2.24) is 14.3 Å². The molecule has 0 bridgehead atoms. The third-order valence-corrected chi connectivity index (χ3v) is 7.87. The normalized spacial score (nSPS) is 14.5. The number of nitrogens with zero attached hydrogens (tertiary/aromatic N) is 4. The molecule has 10 heteroatoms. The van der Waals surface area contributed by atoms with Crippen molar-refractivity contribution in [2.24, 2.45) is 0 Å². The highest BCUT2D eigenvalue weighted by Crippen LogP contribution is 2.24. The minimum Gasteiger partial charge on any atom is -0.497 e. The molecule has 2 heterocycles. The van der Waals surface area contributed by atoms with Gasteiger partial charge in [-0.1, -0.05) is 13.3 Å². The lowest BCUT2D eigenvalue weighted by Gasteiger charge is -2.34. The largest absolute Gasteiger partial charge is 0.497 e. The van der Waals surface area contributed by atoms with Crippen LogP contribution in [0, 0.1) is 6.92 Å². The highest BCUT2D eigenvalue weighted by molar-refractivity contribution is 7.89. The maximum Gasteiger partial charge on any atom is 0.243 e. The molecule has 1 aliphatic rings. The molecule has 2 aromatic carbocycles. The second-order valence-corrected chi connectivity index (χ2v) is 10.6. The Morgan fingerprint density at radius 3 is 2.25 bits per heavy atom. The predicted molar refractivity (Wildman–Crippen MR) is 141 cm³/mol. The molecule has 4 rings (SSSR count). The number of anilines is 3. The number of benzene rings is 2. The SMILES string of the molecule is CCCCOc1ccc(S(=O)(=O)N2CCN(c3nc(C)cc(Nc4ccc(OC)cc4)n3)CC2)cc1. The number of methoxy groups -OCH3 is 1. The fraction of sp³-hybridized carbons (Fsp3) is 0.385. The maximum absolute atomic E-state index is 13.2. The number of hydrogen-bond acceptors (Lipinski definition) is 8. The third-order valence-electron chi connectivity index (χ3n) is 5.95. The number of aromatic nitrogens is 2. The Bertz CT molecular complexity index is 1240. The second kappa shape index (κ2) is 11.6. The average Bonchev–Trinajstić information content (AvgIpc) is 2.89. The van der Waals surface area contributed by atoms with Gasteiger partial charge in [0.15, 0.2) is 0 Å². The molecule has 0 unspecified atom stereocenters. The topological polar surface area (TPSA) is 96.9 Å². The van der Waals surface area contributed by atoms with Gasteiger partial charge < -0.3 is 19.7 Å². The van der Waals surface area contributed by atoms with Crippen molar-refractivity contribution in [2.75, 3.05) is 50.1 Å². The quantitative estimate of drug-likeness (QED) is 0.404. The van der Waals surface area contributed by atoms with Gasteiger partial charge in [-0.15, -0.1) is 0 Å². The van der Waals surface area contributed by atoms with Crippen molar-refractivity contribution < 1.29 is 17.9 Å². The van der Waals surface area contributed by atoms with E-state index < -0.39 is 10.0 Å². The van der Waals surface area contributed by atoms with Gasteiger partial charge >= 0.3 is 0 Å². The van der Waals surface area contributed by atoms with Crippen LogP contribution in [-0.4, -0.2) is 62.6 Å². The van der Waals surface area contributed by atoms with Gasteiger partial charge in [-0.3, -0.25) is 0 Å². The summed E-state index contributed by atoms with van der Waals surface area (Å²) in [7, 11) is -1.95. The number of unbranched alkanes of at least 4 members (excludes halogenated alkanes) is 1. The van der Waals surface area contributed by atoms with Gasteiger partial charge in [0.25, 0.3) is 0 Å². The number of sulfonamides is 1. The van der Waals surface area contributed by atoms with E-state index in [-0.39, 0.29) is 4.90 Å². The number of aryl methyl sites for hydroxylation is 1. The lowest BCUT2D eigenvalue weighted by Crippen LogP contribution is -2.49. The van der Waals surface area contributed by atoms with E-state index in [2.05, 4.69) is 22.2 Å². The van der Waals surface area contributed by atoms with Gasteiger partial charge in [-0.2, -0.15) is 9.29 Å². The molecule has 1 fully saturated rings. The molecule has 192 valence electrons. The van der Waals surface area contributed by atoms with Crippen LogP contribution in [0.2, 0.25) is 0 Å². The molecule has 0 atom stereocenters. The van der Waals surface area contributed by atoms with Gasteiger partial charge in [-0.25, -0.2) is 13.4 Å². The molecule has 1 aliphatic heterocycles. The van der Waals surface area contributed by atoms with Crippen molar-refractivity contribution in [3.8, 4) is 11.5 Å². The van der Waals surface area contributed by atoms with E-state index >= 15 is 0 Å². The summed E-state index contributed by atoms with van der Waals surface area (Å²) in [6.45, 7) is 6.36. The monoisotopic (exact) mass is 511 g/mol. The highest BCUT2D eigenvalue weighted by Gasteiger charge is 2.29. The van der Waals surface area contributed by atoms with E-state index in [9.17, 15) is 8.42 Å². The molecule has 36 heavy (non-hydrogen) atoms. The first-order valence-corrected chi connectivity index (χ1v) is 13.6. The first-order chi connectivity index (χ1) is 17.4. The summed E-state index contributed by atoms with van der Waals surface area (Å²) in [5, 5.41) is 3.30. The zero-order valence-electron chi connectivity index (χ0n) is 21.0. The van der Waals surface area contributed by atoms with Crippen LogP contribution in [0.3, 0.4) is 0 Å². The molecule has 0 aliphatic carbocycles. The molecule has 0 radical (unpaired) electrons. The van der Waals surface area contributed by atoms with Crippen LogP contribution in [0.5, 0.6) is 11.5 Å². The summed E-state index contributed by atoms with van der Waals surface area (Å²) in [6, 6.07) is 16.1. The summed E-state index contributed by atoms with van der Waals surface area (Å²) in [5.41, 5.74) is 1.71. The Balaban J connectivity index is 1.39. The van der Waals surface area contributed by atoms with Crippen LogP contribution in [0.1, 0.15) is 25.5 Å². The van der Waals surface area contributed by atoms with Crippen molar-refractivity contribution in [3.05, 3.63) is 60.3 Å². The number of rotatable bonds is 10. The molecule has 0 amide bonds. The van der Waals surface area contributed by atoms with E-state index in [4.69, 9.17) is 9.47 Å². The van der Waals surface area contributed by atoms with Crippen molar-refractivity contribution in [3.63, 3.8) is 0 Å². The van der Waals surface area contributed by atoms with E-state index in [0.717, 1.165) is 30.0 Å². The Hall–Kier alpha value is -3.37. The third kappa shape index (κ3) is 6.24. The van der Waals surface area contributed by atoms with Crippen molar-refractivity contribution in [1.29, 1.82) is 0 Å². The fourth-order valence-electron chi connectivity index (χ4n) is 3.90. The minimum absolute atomic E-state index is 0.275. The van der Waals surface area contributed by atoms with Gasteiger partial charge in [0.05, 0.1) is 18.6 Å². The second-order valence-electron chi connectivity index (χ2n) is 8.61. The molecule has 1 N–H and O–H groups in total. The van der Waals surface area contributed by atoms with Crippen LogP contribution in [0.4, 0.5) is 17.5 Å². The van der Waals surface area contributed by atoms with Gasteiger partial charge in [0, 0.05) is 43.6 Å². The van der Waals surface area contributed by atoms with Gasteiger partial charge in [-0.05, 0) is 61.9 Å². The van der Waals surface area contributed by atoms with Crippen molar-refractivity contribution >= 4 is 27.5 Å². The Morgan fingerprint density at radius 2 is 1.61 bits per heavy atom. The number of nitrogens with one attached hydrogen (secondary N) is 1. The number of piperazine rings is 1. The van der Waals surface area contributed by atoms with E-state index in [0.29, 0.717) is 50.3 Å². The van der Waals surface area contributed by atoms with E-state index in [1.807, 2.05) is 42.2 Å². The first-order valence-electron chi connectivity index (χ1n) is 12.1. The summed E-state index contributed by atoms with van der Waals surface area (Å²) in [5.74, 6) is 2.72. The summed E-state index contributed by atoms with van der Waals surface area (Å²) in [6.07, 6.45) is 2.01.